The quantitative estimate of drug-likeness (QED) is 0.649. The van der Waals surface area contributed by atoms with Crippen LogP contribution in [0.4, 0.5) is 0 Å². The van der Waals surface area contributed by atoms with Gasteiger partial charge >= 0.3 is 0 Å². The molecule has 0 amide bonds. The normalized spacial score (nSPS) is 18.1. The summed E-state index contributed by atoms with van der Waals surface area (Å²) in [5.74, 6) is 9.49. The number of quaternary nitrogens is 1. The SMILES string of the molecule is C#CC[N+](C)(C)CC#CC[C@](O)(c1ccccc1)C1CCCCC1. The molecule has 0 unspecified atom stereocenters. The molecule has 1 N–H and O–H groups in total. The summed E-state index contributed by atoms with van der Waals surface area (Å²) in [6.07, 6.45) is 11.8. The van der Waals surface area contributed by atoms with Gasteiger partial charge in [-0.2, -0.15) is 0 Å². The molecule has 0 spiro atoms. The molecule has 1 fully saturated rings. The summed E-state index contributed by atoms with van der Waals surface area (Å²) in [5.41, 5.74) is 0.168. The Morgan fingerprint density at radius 3 is 2.38 bits per heavy atom. The van der Waals surface area contributed by atoms with Crippen molar-refractivity contribution in [3.63, 3.8) is 0 Å². The van der Waals surface area contributed by atoms with E-state index in [0.29, 0.717) is 29.9 Å². The van der Waals surface area contributed by atoms with E-state index in [-0.39, 0.29) is 0 Å². The van der Waals surface area contributed by atoms with E-state index in [1.165, 1.54) is 19.3 Å². The smallest absolute Gasteiger partial charge is 0.141 e. The first kappa shape index (κ1) is 18.6. The van der Waals surface area contributed by atoms with Gasteiger partial charge in [-0.15, -0.1) is 6.42 Å². The van der Waals surface area contributed by atoms with Gasteiger partial charge in [-0.25, -0.2) is 0 Å². The van der Waals surface area contributed by atoms with E-state index in [0.717, 1.165) is 18.4 Å². The Labute approximate surface area is 147 Å². The third-order valence-corrected chi connectivity index (χ3v) is 5.06. The van der Waals surface area contributed by atoms with Crippen molar-refractivity contribution in [1.29, 1.82) is 0 Å². The Hall–Kier alpha value is -1.74. The largest absolute Gasteiger partial charge is 0.384 e. The maximum Gasteiger partial charge on any atom is 0.141 e. The first-order chi connectivity index (χ1) is 11.5. The average Bonchev–Trinajstić information content (AvgIpc) is 2.60. The molecule has 0 heterocycles. The summed E-state index contributed by atoms with van der Waals surface area (Å²) >= 11 is 0. The third kappa shape index (κ3) is 4.88. The van der Waals surface area contributed by atoms with Crippen LogP contribution >= 0.6 is 0 Å². The Balaban J connectivity index is 2.14. The lowest BCUT2D eigenvalue weighted by Gasteiger charge is -2.38. The molecule has 2 rings (SSSR count). The first-order valence-electron chi connectivity index (χ1n) is 8.97. The van der Waals surface area contributed by atoms with Crippen LogP contribution in [0.2, 0.25) is 0 Å². The molecule has 0 aromatic heterocycles. The van der Waals surface area contributed by atoms with Crippen molar-refractivity contribution in [2.45, 2.75) is 44.1 Å². The Kier molecular flexibility index (Phi) is 6.50. The van der Waals surface area contributed by atoms with Gasteiger partial charge in [0.15, 0.2) is 0 Å². The van der Waals surface area contributed by atoms with Crippen molar-refractivity contribution in [3.8, 4) is 24.2 Å². The van der Waals surface area contributed by atoms with E-state index in [4.69, 9.17) is 6.42 Å². The number of hydrogen-bond donors (Lipinski definition) is 1. The average molecular weight is 324 g/mol. The van der Waals surface area contributed by atoms with Crippen LogP contribution in [0.25, 0.3) is 0 Å². The molecule has 0 bridgehead atoms. The van der Waals surface area contributed by atoms with E-state index < -0.39 is 5.60 Å². The van der Waals surface area contributed by atoms with Crippen LogP contribution < -0.4 is 0 Å². The fourth-order valence-corrected chi connectivity index (χ4v) is 3.56. The molecule has 0 saturated heterocycles. The highest BCUT2D eigenvalue weighted by atomic mass is 16.3. The van der Waals surface area contributed by atoms with E-state index in [2.05, 4.69) is 31.9 Å². The van der Waals surface area contributed by atoms with Gasteiger partial charge in [0.25, 0.3) is 0 Å². The van der Waals surface area contributed by atoms with Gasteiger partial charge in [-0.05, 0) is 36.2 Å². The van der Waals surface area contributed by atoms with Gasteiger partial charge in [0, 0.05) is 6.42 Å². The number of terminal acetylenes is 1. The summed E-state index contributed by atoms with van der Waals surface area (Å²) in [6.45, 7) is 1.37. The molecule has 1 aliphatic carbocycles. The molecule has 1 aliphatic rings. The fraction of sp³-hybridized carbons (Fsp3) is 0.545. The summed E-state index contributed by atoms with van der Waals surface area (Å²) in [5, 5.41) is 11.5. The molecular formula is C22H30NO+. The molecule has 24 heavy (non-hydrogen) atoms. The first-order valence-corrected chi connectivity index (χ1v) is 8.97. The zero-order valence-corrected chi connectivity index (χ0v) is 15.1. The molecule has 2 nitrogen and oxygen atoms in total. The standard InChI is InChI=1S/C22H30NO/c1-4-18-23(2,3)19-12-11-17-22(24,20-13-7-5-8-14-20)21-15-9-6-10-16-21/h1,5,7-8,13-14,21,24H,6,9-10,15-19H2,2-3H3/q+1/t22-/m0/s1. The Bertz CT molecular complexity index is 611. The molecule has 1 aromatic carbocycles. The summed E-state index contributed by atoms with van der Waals surface area (Å²) in [6, 6.07) is 10.1. The number of aliphatic hydroxyl groups is 1. The van der Waals surface area contributed by atoms with Crippen LogP contribution in [0.3, 0.4) is 0 Å². The van der Waals surface area contributed by atoms with Crippen LogP contribution in [0.1, 0.15) is 44.1 Å². The molecule has 128 valence electrons. The Morgan fingerprint density at radius 2 is 1.75 bits per heavy atom. The maximum absolute atomic E-state index is 11.5. The molecule has 2 heteroatoms. The van der Waals surface area contributed by atoms with Gasteiger partial charge in [-0.1, -0.05) is 55.5 Å². The number of nitrogens with zero attached hydrogens (tertiary/aromatic N) is 1. The van der Waals surface area contributed by atoms with Gasteiger partial charge in [0.2, 0.25) is 0 Å². The number of rotatable bonds is 5. The highest BCUT2D eigenvalue weighted by Crippen LogP contribution is 2.41. The van der Waals surface area contributed by atoms with Crippen LogP contribution in [0.5, 0.6) is 0 Å². The minimum Gasteiger partial charge on any atom is -0.384 e. The summed E-state index contributed by atoms with van der Waals surface area (Å²) in [7, 11) is 4.16. The molecule has 0 radical (unpaired) electrons. The summed E-state index contributed by atoms with van der Waals surface area (Å²) < 4.78 is 0.691. The second-order valence-corrected chi connectivity index (χ2v) is 7.61. The second-order valence-electron chi connectivity index (χ2n) is 7.61. The van der Waals surface area contributed by atoms with Crippen molar-refractivity contribution in [2.24, 2.45) is 5.92 Å². The van der Waals surface area contributed by atoms with E-state index in [1.807, 2.05) is 30.3 Å². The Morgan fingerprint density at radius 1 is 1.08 bits per heavy atom. The van der Waals surface area contributed by atoms with Crippen molar-refractivity contribution in [3.05, 3.63) is 35.9 Å². The van der Waals surface area contributed by atoms with Crippen LogP contribution in [-0.2, 0) is 5.60 Å². The lowest BCUT2D eigenvalue weighted by atomic mass is 9.72. The van der Waals surface area contributed by atoms with Crippen LogP contribution in [0.15, 0.2) is 30.3 Å². The lowest BCUT2D eigenvalue weighted by Crippen LogP contribution is -2.40. The van der Waals surface area contributed by atoms with Crippen molar-refractivity contribution >= 4 is 0 Å². The number of hydrogen-bond acceptors (Lipinski definition) is 1. The van der Waals surface area contributed by atoms with Gasteiger partial charge in [0.05, 0.1) is 14.1 Å². The zero-order valence-electron chi connectivity index (χ0n) is 15.1. The van der Waals surface area contributed by atoms with Crippen LogP contribution in [-0.4, -0.2) is 36.8 Å². The van der Waals surface area contributed by atoms with Crippen molar-refractivity contribution in [2.75, 3.05) is 27.2 Å². The molecule has 1 aromatic rings. The lowest BCUT2D eigenvalue weighted by molar-refractivity contribution is -0.875. The second kappa shape index (κ2) is 8.39. The summed E-state index contributed by atoms with van der Waals surface area (Å²) in [4.78, 5) is 0. The van der Waals surface area contributed by atoms with Crippen molar-refractivity contribution < 1.29 is 9.59 Å². The van der Waals surface area contributed by atoms with Crippen LogP contribution in [0, 0.1) is 30.1 Å². The van der Waals surface area contributed by atoms with Crippen molar-refractivity contribution in [1.82, 2.24) is 0 Å². The predicted molar refractivity (Wildman–Crippen MR) is 100.0 cm³/mol. The van der Waals surface area contributed by atoms with Gasteiger partial charge in [0.1, 0.15) is 18.7 Å². The van der Waals surface area contributed by atoms with Gasteiger partial charge in [-0.3, -0.25) is 0 Å². The zero-order chi connectivity index (χ0) is 17.5. The molecule has 1 atom stereocenters. The topological polar surface area (TPSA) is 20.2 Å². The fourth-order valence-electron chi connectivity index (χ4n) is 3.56. The van der Waals surface area contributed by atoms with E-state index in [9.17, 15) is 5.11 Å². The monoisotopic (exact) mass is 324 g/mol. The van der Waals surface area contributed by atoms with E-state index in [1.54, 1.807) is 0 Å². The molecule has 1 saturated carbocycles. The number of benzene rings is 1. The minimum atomic E-state index is -0.835. The van der Waals surface area contributed by atoms with E-state index >= 15 is 0 Å². The molecule has 0 aliphatic heterocycles. The maximum atomic E-state index is 11.5. The third-order valence-electron chi connectivity index (χ3n) is 5.06. The highest BCUT2D eigenvalue weighted by Gasteiger charge is 2.38. The predicted octanol–water partition coefficient (Wildman–Crippen LogP) is 3.56. The minimum absolute atomic E-state index is 0.302. The molecular weight excluding hydrogens is 294 g/mol. The highest BCUT2D eigenvalue weighted by molar-refractivity contribution is 5.26. The van der Waals surface area contributed by atoms with Gasteiger partial charge < -0.3 is 9.59 Å².